The van der Waals surface area contributed by atoms with Crippen LogP contribution in [0.5, 0.6) is 0 Å². The van der Waals surface area contributed by atoms with E-state index in [0.29, 0.717) is 24.0 Å². The summed E-state index contributed by atoms with van der Waals surface area (Å²) in [5, 5.41) is 4.35. The molecule has 1 aliphatic rings. The van der Waals surface area contributed by atoms with Gasteiger partial charge in [0.15, 0.2) is 5.69 Å². The molecule has 0 saturated heterocycles. The number of ether oxygens (including phenoxy) is 1. The summed E-state index contributed by atoms with van der Waals surface area (Å²) in [5.41, 5.74) is 7.26. The Kier molecular flexibility index (Phi) is 3.36. The van der Waals surface area contributed by atoms with Crippen LogP contribution in [0.1, 0.15) is 54.7 Å². The molecule has 0 radical (unpaired) electrons. The number of carbonyl (C=O) groups excluding carboxylic acids is 1. The SMILES string of the molecule is CCc1c(C(=O)OC)nn(C2CCCC2)c1N. The number of hydrogen-bond donors (Lipinski definition) is 1. The molecule has 17 heavy (non-hydrogen) atoms. The van der Waals surface area contributed by atoms with Gasteiger partial charge in [0, 0.05) is 5.56 Å². The molecule has 0 aromatic carbocycles. The number of anilines is 1. The van der Waals surface area contributed by atoms with Gasteiger partial charge in [-0.25, -0.2) is 9.48 Å². The molecule has 5 heteroatoms. The standard InChI is InChI=1S/C12H19N3O2/c1-3-9-10(12(16)17-2)14-15(11(9)13)8-6-4-5-7-8/h8H,3-7,13H2,1-2H3. The van der Waals surface area contributed by atoms with Crippen molar-refractivity contribution in [1.29, 1.82) is 0 Å². The van der Waals surface area contributed by atoms with Crippen molar-refractivity contribution >= 4 is 11.8 Å². The minimum absolute atomic E-state index is 0.346. The lowest BCUT2D eigenvalue weighted by Crippen LogP contribution is -2.11. The average molecular weight is 237 g/mol. The maximum Gasteiger partial charge on any atom is 0.358 e. The van der Waals surface area contributed by atoms with Gasteiger partial charge < -0.3 is 10.5 Å². The summed E-state index contributed by atoms with van der Waals surface area (Å²) >= 11 is 0. The molecule has 94 valence electrons. The summed E-state index contributed by atoms with van der Waals surface area (Å²) < 4.78 is 6.56. The molecular formula is C12H19N3O2. The predicted molar refractivity (Wildman–Crippen MR) is 64.9 cm³/mol. The van der Waals surface area contributed by atoms with Gasteiger partial charge in [0.2, 0.25) is 0 Å². The topological polar surface area (TPSA) is 70.1 Å². The first-order valence-electron chi connectivity index (χ1n) is 6.14. The van der Waals surface area contributed by atoms with Crippen LogP contribution >= 0.6 is 0 Å². The summed E-state index contributed by atoms with van der Waals surface area (Å²) in [4.78, 5) is 11.6. The van der Waals surface area contributed by atoms with E-state index in [4.69, 9.17) is 10.5 Å². The van der Waals surface area contributed by atoms with Crippen LogP contribution < -0.4 is 5.73 Å². The summed E-state index contributed by atoms with van der Waals surface area (Å²) in [6, 6.07) is 0.346. The summed E-state index contributed by atoms with van der Waals surface area (Å²) in [7, 11) is 1.37. The maximum absolute atomic E-state index is 11.6. The van der Waals surface area contributed by atoms with Crippen molar-refractivity contribution in [2.45, 2.75) is 45.1 Å². The van der Waals surface area contributed by atoms with Crippen molar-refractivity contribution in [1.82, 2.24) is 9.78 Å². The van der Waals surface area contributed by atoms with Crippen molar-refractivity contribution in [2.75, 3.05) is 12.8 Å². The Morgan fingerprint density at radius 1 is 1.53 bits per heavy atom. The summed E-state index contributed by atoms with van der Waals surface area (Å²) in [6.45, 7) is 1.97. The Hall–Kier alpha value is -1.52. The number of esters is 1. The minimum Gasteiger partial charge on any atom is -0.464 e. The van der Waals surface area contributed by atoms with Gasteiger partial charge in [-0.1, -0.05) is 19.8 Å². The van der Waals surface area contributed by atoms with Crippen LogP contribution in [0, 0.1) is 0 Å². The van der Waals surface area contributed by atoms with E-state index in [1.165, 1.54) is 20.0 Å². The molecule has 1 saturated carbocycles. The number of carbonyl (C=O) groups is 1. The van der Waals surface area contributed by atoms with Crippen molar-refractivity contribution in [3.8, 4) is 0 Å². The van der Waals surface area contributed by atoms with Crippen LogP contribution in [-0.2, 0) is 11.2 Å². The highest BCUT2D eigenvalue weighted by Gasteiger charge is 2.26. The molecule has 0 amide bonds. The molecule has 1 heterocycles. The number of hydrogen-bond acceptors (Lipinski definition) is 4. The monoisotopic (exact) mass is 237 g/mol. The second-order valence-electron chi connectivity index (χ2n) is 4.44. The molecule has 5 nitrogen and oxygen atoms in total. The van der Waals surface area contributed by atoms with Crippen molar-refractivity contribution < 1.29 is 9.53 Å². The lowest BCUT2D eigenvalue weighted by molar-refractivity contribution is 0.0591. The molecule has 2 N–H and O–H groups in total. The molecule has 0 aliphatic heterocycles. The van der Waals surface area contributed by atoms with Gasteiger partial charge in [0.05, 0.1) is 13.2 Å². The third kappa shape index (κ3) is 2.01. The summed E-state index contributed by atoms with van der Waals surface area (Å²) in [5.74, 6) is 0.227. The zero-order chi connectivity index (χ0) is 12.4. The van der Waals surface area contributed by atoms with Gasteiger partial charge in [-0.2, -0.15) is 5.10 Å². The number of rotatable bonds is 3. The van der Waals surface area contributed by atoms with E-state index in [2.05, 4.69) is 5.10 Å². The number of nitrogen functional groups attached to an aromatic ring is 1. The quantitative estimate of drug-likeness (QED) is 0.815. The normalized spacial score (nSPS) is 16.4. The van der Waals surface area contributed by atoms with Crippen molar-refractivity contribution in [2.24, 2.45) is 0 Å². The highest BCUT2D eigenvalue weighted by Crippen LogP contribution is 2.33. The number of nitrogens with zero attached hydrogens (tertiary/aromatic N) is 2. The van der Waals surface area contributed by atoms with Crippen molar-refractivity contribution in [3.63, 3.8) is 0 Å². The van der Waals surface area contributed by atoms with E-state index in [9.17, 15) is 4.79 Å². The molecule has 0 atom stereocenters. The van der Waals surface area contributed by atoms with Gasteiger partial charge in [0.1, 0.15) is 5.82 Å². The average Bonchev–Trinajstić information content (AvgIpc) is 2.95. The van der Waals surface area contributed by atoms with Crippen LogP contribution in [0.15, 0.2) is 0 Å². The van der Waals surface area contributed by atoms with Crippen molar-refractivity contribution in [3.05, 3.63) is 11.3 Å². The molecule has 2 rings (SSSR count). The Balaban J connectivity index is 2.40. The zero-order valence-corrected chi connectivity index (χ0v) is 10.4. The molecule has 0 bridgehead atoms. The van der Waals surface area contributed by atoms with E-state index in [0.717, 1.165) is 18.4 Å². The number of nitrogens with two attached hydrogens (primary N) is 1. The first-order chi connectivity index (χ1) is 8.19. The number of methoxy groups -OCH3 is 1. The second kappa shape index (κ2) is 4.77. The van der Waals surface area contributed by atoms with E-state index in [1.807, 2.05) is 11.6 Å². The fraction of sp³-hybridized carbons (Fsp3) is 0.667. The fourth-order valence-electron chi connectivity index (χ4n) is 2.52. The summed E-state index contributed by atoms with van der Waals surface area (Å²) in [6.07, 6.45) is 5.30. The lowest BCUT2D eigenvalue weighted by atomic mass is 10.2. The van der Waals surface area contributed by atoms with Gasteiger partial charge in [-0.05, 0) is 19.3 Å². The van der Waals surface area contributed by atoms with Crippen LogP contribution in [0.25, 0.3) is 0 Å². The molecule has 1 aliphatic carbocycles. The highest BCUT2D eigenvalue weighted by molar-refractivity contribution is 5.90. The number of aromatic nitrogens is 2. The molecule has 0 spiro atoms. The van der Waals surface area contributed by atoms with E-state index in [1.54, 1.807) is 0 Å². The molecule has 1 aromatic heterocycles. The van der Waals surface area contributed by atoms with E-state index >= 15 is 0 Å². The molecule has 1 aromatic rings. The van der Waals surface area contributed by atoms with Crippen LogP contribution in [0.2, 0.25) is 0 Å². The zero-order valence-electron chi connectivity index (χ0n) is 10.4. The van der Waals surface area contributed by atoms with Gasteiger partial charge >= 0.3 is 5.97 Å². The van der Waals surface area contributed by atoms with Gasteiger partial charge in [0.25, 0.3) is 0 Å². The van der Waals surface area contributed by atoms with Gasteiger partial charge in [-0.3, -0.25) is 0 Å². The first-order valence-corrected chi connectivity index (χ1v) is 6.14. The van der Waals surface area contributed by atoms with Crippen LogP contribution in [0.4, 0.5) is 5.82 Å². The Labute approximate surface area is 101 Å². The third-order valence-electron chi connectivity index (χ3n) is 3.45. The minimum atomic E-state index is -0.398. The molecule has 1 fully saturated rings. The fourth-order valence-corrected chi connectivity index (χ4v) is 2.52. The Morgan fingerprint density at radius 2 is 2.18 bits per heavy atom. The largest absolute Gasteiger partial charge is 0.464 e. The first kappa shape index (κ1) is 12.0. The van der Waals surface area contributed by atoms with Gasteiger partial charge in [-0.15, -0.1) is 0 Å². The highest BCUT2D eigenvalue weighted by atomic mass is 16.5. The second-order valence-corrected chi connectivity index (χ2v) is 4.44. The van der Waals surface area contributed by atoms with Crippen LogP contribution in [-0.4, -0.2) is 22.9 Å². The predicted octanol–water partition coefficient (Wildman–Crippen LogP) is 1.93. The molecular weight excluding hydrogens is 218 g/mol. The lowest BCUT2D eigenvalue weighted by Gasteiger charge is -2.11. The maximum atomic E-state index is 11.6. The molecule has 0 unspecified atom stereocenters. The smallest absolute Gasteiger partial charge is 0.358 e. The Bertz CT molecular complexity index is 420. The van der Waals surface area contributed by atoms with E-state index in [-0.39, 0.29) is 0 Å². The third-order valence-corrected chi connectivity index (χ3v) is 3.45. The van der Waals surface area contributed by atoms with E-state index < -0.39 is 5.97 Å². The Morgan fingerprint density at radius 3 is 2.71 bits per heavy atom. The van der Waals surface area contributed by atoms with Crippen LogP contribution in [0.3, 0.4) is 0 Å².